The van der Waals surface area contributed by atoms with Gasteiger partial charge in [-0.3, -0.25) is 10.3 Å². The summed E-state index contributed by atoms with van der Waals surface area (Å²) in [6.07, 6.45) is 1.10. The summed E-state index contributed by atoms with van der Waals surface area (Å²) in [6, 6.07) is 7.42. The van der Waals surface area contributed by atoms with Gasteiger partial charge in [-0.1, -0.05) is 0 Å². The maximum Gasteiger partial charge on any atom is 0.412 e. The lowest BCUT2D eigenvalue weighted by Crippen LogP contribution is -2.27. The summed E-state index contributed by atoms with van der Waals surface area (Å²) < 4.78 is 10.3. The highest BCUT2D eigenvalue weighted by molar-refractivity contribution is 5.89. The van der Waals surface area contributed by atoms with Gasteiger partial charge in [-0.2, -0.15) is 0 Å². The van der Waals surface area contributed by atoms with Crippen molar-refractivity contribution in [3.8, 4) is 5.75 Å². The maximum atomic E-state index is 11.7. The Morgan fingerprint density at radius 3 is 2.65 bits per heavy atom. The van der Waals surface area contributed by atoms with Gasteiger partial charge in [0.1, 0.15) is 11.4 Å². The number of anilines is 1. The maximum absolute atomic E-state index is 11.7. The van der Waals surface area contributed by atoms with Crippen molar-refractivity contribution in [1.82, 2.24) is 4.98 Å². The van der Waals surface area contributed by atoms with E-state index in [0.717, 1.165) is 16.7 Å². The van der Waals surface area contributed by atoms with E-state index in [1.165, 1.54) is 0 Å². The molecule has 5 nitrogen and oxygen atoms in total. The number of nitrogens with zero attached hydrogens (tertiary/aromatic N) is 1. The van der Waals surface area contributed by atoms with Crippen molar-refractivity contribution >= 4 is 22.7 Å². The van der Waals surface area contributed by atoms with E-state index in [1.54, 1.807) is 13.3 Å². The molecule has 2 aromatic rings. The van der Waals surface area contributed by atoms with Crippen molar-refractivity contribution in [3.63, 3.8) is 0 Å². The molecule has 0 fully saturated rings. The Labute approximate surface area is 117 Å². The summed E-state index contributed by atoms with van der Waals surface area (Å²) in [6.45, 7) is 5.45. The van der Waals surface area contributed by atoms with Crippen molar-refractivity contribution in [1.29, 1.82) is 0 Å². The molecule has 20 heavy (non-hydrogen) atoms. The molecule has 0 spiro atoms. The first kappa shape index (κ1) is 14.1. The van der Waals surface area contributed by atoms with Gasteiger partial charge in [0.2, 0.25) is 0 Å². The second kappa shape index (κ2) is 5.36. The van der Waals surface area contributed by atoms with Crippen LogP contribution in [0.4, 0.5) is 10.5 Å². The molecule has 0 aliphatic rings. The second-order valence-electron chi connectivity index (χ2n) is 5.41. The fourth-order valence-electron chi connectivity index (χ4n) is 1.72. The van der Waals surface area contributed by atoms with Crippen LogP contribution in [0.1, 0.15) is 20.8 Å². The van der Waals surface area contributed by atoms with Crippen LogP contribution in [-0.2, 0) is 4.74 Å². The first-order valence-corrected chi connectivity index (χ1v) is 6.31. The molecule has 1 aromatic heterocycles. The van der Waals surface area contributed by atoms with E-state index in [-0.39, 0.29) is 0 Å². The molecule has 1 heterocycles. The zero-order valence-electron chi connectivity index (χ0n) is 12.1. The molecule has 0 atom stereocenters. The topological polar surface area (TPSA) is 60.5 Å². The second-order valence-corrected chi connectivity index (χ2v) is 5.41. The SMILES string of the molecule is COc1ccc2cc(NC(=O)OC(C)(C)C)cnc2c1. The number of ether oxygens (including phenoxy) is 2. The first-order valence-electron chi connectivity index (χ1n) is 6.31. The number of amides is 1. The Hall–Kier alpha value is -2.30. The smallest absolute Gasteiger partial charge is 0.412 e. The number of fused-ring (bicyclic) bond motifs is 1. The van der Waals surface area contributed by atoms with Crippen molar-refractivity contribution in [2.75, 3.05) is 12.4 Å². The van der Waals surface area contributed by atoms with Crippen molar-refractivity contribution in [3.05, 3.63) is 30.5 Å². The molecule has 0 saturated heterocycles. The molecule has 1 aromatic carbocycles. The standard InChI is InChI=1S/C15H18N2O3/c1-15(2,3)20-14(18)17-11-7-10-5-6-12(19-4)8-13(10)16-9-11/h5-9H,1-4H3,(H,17,18). The minimum Gasteiger partial charge on any atom is -0.497 e. The zero-order valence-corrected chi connectivity index (χ0v) is 12.1. The minimum absolute atomic E-state index is 0.493. The van der Waals surface area contributed by atoms with Gasteiger partial charge in [-0.25, -0.2) is 4.79 Å². The van der Waals surface area contributed by atoms with E-state index in [1.807, 2.05) is 45.0 Å². The molecule has 0 radical (unpaired) electrons. The number of aromatic nitrogens is 1. The number of hydrogen-bond acceptors (Lipinski definition) is 4. The molecule has 106 valence electrons. The molecule has 0 aliphatic heterocycles. The summed E-state index contributed by atoms with van der Waals surface area (Å²) >= 11 is 0. The van der Waals surface area contributed by atoms with E-state index in [2.05, 4.69) is 10.3 Å². The summed E-state index contributed by atoms with van der Waals surface area (Å²) in [5.41, 5.74) is 0.873. The van der Waals surface area contributed by atoms with Crippen LogP contribution in [0.3, 0.4) is 0 Å². The van der Waals surface area contributed by atoms with Crippen molar-refractivity contribution in [2.45, 2.75) is 26.4 Å². The first-order chi connectivity index (χ1) is 9.37. The van der Waals surface area contributed by atoms with E-state index < -0.39 is 11.7 Å². The highest BCUT2D eigenvalue weighted by Crippen LogP contribution is 2.22. The van der Waals surface area contributed by atoms with Crippen molar-refractivity contribution < 1.29 is 14.3 Å². The van der Waals surface area contributed by atoms with E-state index in [9.17, 15) is 4.79 Å². The number of carbonyl (C=O) groups excluding carboxylic acids is 1. The predicted molar refractivity (Wildman–Crippen MR) is 78.2 cm³/mol. The van der Waals surface area contributed by atoms with Crippen LogP contribution in [0.25, 0.3) is 10.9 Å². The van der Waals surface area contributed by atoms with Crippen LogP contribution in [0.5, 0.6) is 5.75 Å². The summed E-state index contributed by atoms with van der Waals surface area (Å²) in [7, 11) is 1.61. The number of carbonyl (C=O) groups is 1. The van der Waals surface area contributed by atoms with Crippen LogP contribution in [-0.4, -0.2) is 23.8 Å². The number of hydrogen-bond donors (Lipinski definition) is 1. The zero-order chi connectivity index (χ0) is 14.8. The van der Waals surface area contributed by atoms with E-state index >= 15 is 0 Å². The lowest BCUT2D eigenvalue weighted by atomic mass is 10.2. The Morgan fingerprint density at radius 2 is 2.00 bits per heavy atom. The van der Waals surface area contributed by atoms with Gasteiger partial charge < -0.3 is 9.47 Å². The molecular formula is C15H18N2O3. The fraction of sp³-hybridized carbons (Fsp3) is 0.333. The third-order valence-corrected chi connectivity index (χ3v) is 2.54. The summed E-state index contributed by atoms with van der Waals surface area (Å²) in [5, 5.41) is 3.58. The summed E-state index contributed by atoms with van der Waals surface area (Å²) in [4.78, 5) is 16.0. The van der Waals surface area contributed by atoms with Crippen LogP contribution in [0.15, 0.2) is 30.5 Å². The fourth-order valence-corrected chi connectivity index (χ4v) is 1.72. The Balaban J connectivity index is 2.18. The molecule has 1 N–H and O–H groups in total. The third-order valence-electron chi connectivity index (χ3n) is 2.54. The molecular weight excluding hydrogens is 256 g/mol. The Bertz CT molecular complexity index is 633. The van der Waals surface area contributed by atoms with E-state index in [0.29, 0.717) is 5.69 Å². The number of benzene rings is 1. The minimum atomic E-state index is -0.526. The lowest BCUT2D eigenvalue weighted by Gasteiger charge is -2.19. The van der Waals surface area contributed by atoms with Gasteiger partial charge >= 0.3 is 6.09 Å². The third kappa shape index (κ3) is 3.60. The molecule has 0 aliphatic carbocycles. The van der Waals surface area contributed by atoms with Crippen LogP contribution in [0.2, 0.25) is 0 Å². The van der Waals surface area contributed by atoms with Gasteiger partial charge in [0.15, 0.2) is 0 Å². The van der Waals surface area contributed by atoms with Gasteiger partial charge in [0.05, 0.1) is 24.5 Å². The number of rotatable bonds is 2. The quantitative estimate of drug-likeness (QED) is 0.909. The molecule has 2 rings (SSSR count). The van der Waals surface area contributed by atoms with Gasteiger partial charge in [-0.15, -0.1) is 0 Å². The Morgan fingerprint density at radius 1 is 1.25 bits per heavy atom. The predicted octanol–water partition coefficient (Wildman–Crippen LogP) is 3.59. The molecule has 0 bridgehead atoms. The van der Waals surface area contributed by atoms with Gasteiger partial charge in [0.25, 0.3) is 0 Å². The molecule has 1 amide bonds. The highest BCUT2D eigenvalue weighted by atomic mass is 16.6. The van der Waals surface area contributed by atoms with Gasteiger partial charge in [0, 0.05) is 11.5 Å². The van der Waals surface area contributed by atoms with Gasteiger partial charge in [-0.05, 0) is 39.0 Å². The molecule has 0 saturated carbocycles. The van der Waals surface area contributed by atoms with Crippen LogP contribution in [0, 0.1) is 0 Å². The monoisotopic (exact) mass is 274 g/mol. The van der Waals surface area contributed by atoms with Crippen molar-refractivity contribution in [2.24, 2.45) is 0 Å². The Kier molecular flexibility index (Phi) is 3.79. The highest BCUT2D eigenvalue weighted by Gasteiger charge is 2.16. The molecule has 0 unspecified atom stereocenters. The normalized spacial score (nSPS) is 11.2. The largest absolute Gasteiger partial charge is 0.497 e. The average Bonchev–Trinajstić information content (AvgIpc) is 2.35. The number of nitrogens with one attached hydrogen (secondary N) is 1. The lowest BCUT2D eigenvalue weighted by molar-refractivity contribution is 0.0636. The summed E-state index contributed by atoms with van der Waals surface area (Å²) in [5.74, 6) is 0.748. The van der Waals surface area contributed by atoms with Crippen LogP contribution >= 0.6 is 0 Å². The average molecular weight is 274 g/mol. The number of pyridine rings is 1. The van der Waals surface area contributed by atoms with Crippen LogP contribution < -0.4 is 10.1 Å². The molecule has 5 heteroatoms. The number of methoxy groups -OCH3 is 1. The van der Waals surface area contributed by atoms with E-state index in [4.69, 9.17) is 9.47 Å².